The number of rotatable bonds is 6. The summed E-state index contributed by atoms with van der Waals surface area (Å²) >= 11 is 3.38. The molecule has 1 heterocycles. The van der Waals surface area contributed by atoms with Gasteiger partial charge in [-0.05, 0) is 0 Å². The highest BCUT2D eigenvalue weighted by molar-refractivity contribution is 8.01. The van der Waals surface area contributed by atoms with Crippen molar-refractivity contribution in [1.29, 1.82) is 0 Å². The molecule has 2 N–H and O–H groups in total. The zero-order valence-corrected chi connectivity index (χ0v) is 8.37. The average Bonchev–Trinajstić information content (AvgIpc) is 2.57. The Labute approximate surface area is 80.3 Å². The molecule has 5 heteroatoms. The van der Waals surface area contributed by atoms with Gasteiger partial charge in [-0.2, -0.15) is 0 Å². The molecule has 0 unspecified atom stereocenters. The second kappa shape index (κ2) is 6.42. The van der Waals surface area contributed by atoms with Crippen molar-refractivity contribution in [3.8, 4) is 0 Å². The molecule has 1 aromatic heterocycles. The SMILES string of the molecule is NCCOCCSc1nccs1. The maximum absolute atomic E-state index is 5.26. The first kappa shape index (κ1) is 9.98. The van der Waals surface area contributed by atoms with Crippen LogP contribution >= 0.6 is 23.1 Å². The summed E-state index contributed by atoms with van der Waals surface area (Å²) in [7, 11) is 0. The van der Waals surface area contributed by atoms with E-state index in [4.69, 9.17) is 10.5 Å². The highest BCUT2D eigenvalue weighted by Crippen LogP contribution is 2.19. The van der Waals surface area contributed by atoms with Crippen LogP contribution in [0.15, 0.2) is 15.9 Å². The van der Waals surface area contributed by atoms with Gasteiger partial charge in [0.25, 0.3) is 0 Å². The Morgan fingerprint density at radius 1 is 1.58 bits per heavy atom. The molecule has 1 aromatic rings. The van der Waals surface area contributed by atoms with Gasteiger partial charge in [0.1, 0.15) is 4.34 Å². The minimum Gasteiger partial charge on any atom is -0.379 e. The van der Waals surface area contributed by atoms with E-state index in [0.717, 1.165) is 16.7 Å². The van der Waals surface area contributed by atoms with E-state index in [-0.39, 0.29) is 0 Å². The van der Waals surface area contributed by atoms with Crippen molar-refractivity contribution in [3.63, 3.8) is 0 Å². The third-order valence-corrected chi connectivity index (χ3v) is 3.06. The van der Waals surface area contributed by atoms with E-state index >= 15 is 0 Å². The lowest BCUT2D eigenvalue weighted by atomic mass is 10.7. The van der Waals surface area contributed by atoms with Gasteiger partial charge in [0.05, 0.1) is 13.2 Å². The van der Waals surface area contributed by atoms with Crippen LogP contribution in [0.25, 0.3) is 0 Å². The minimum atomic E-state index is 0.599. The van der Waals surface area contributed by atoms with E-state index in [9.17, 15) is 0 Å². The van der Waals surface area contributed by atoms with Gasteiger partial charge in [0.15, 0.2) is 0 Å². The number of hydrogen-bond acceptors (Lipinski definition) is 5. The first-order chi connectivity index (χ1) is 5.93. The molecular weight excluding hydrogens is 192 g/mol. The van der Waals surface area contributed by atoms with E-state index in [0.29, 0.717) is 13.2 Å². The van der Waals surface area contributed by atoms with Gasteiger partial charge in [0.2, 0.25) is 0 Å². The van der Waals surface area contributed by atoms with Crippen LogP contribution in [0.1, 0.15) is 0 Å². The molecule has 1 rings (SSSR count). The number of thiazole rings is 1. The van der Waals surface area contributed by atoms with Crippen molar-refractivity contribution in [3.05, 3.63) is 11.6 Å². The summed E-state index contributed by atoms with van der Waals surface area (Å²) in [5.41, 5.74) is 5.26. The average molecular weight is 204 g/mol. The van der Waals surface area contributed by atoms with Crippen LogP contribution in [0, 0.1) is 0 Å². The Kier molecular flexibility index (Phi) is 5.34. The lowest BCUT2D eigenvalue weighted by Crippen LogP contribution is -2.09. The van der Waals surface area contributed by atoms with Crippen LogP contribution in [0.3, 0.4) is 0 Å². The van der Waals surface area contributed by atoms with Crippen LogP contribution in [-0.4, -0.2) is 30.5 Å². The smallest absolute Gasteiger partial charge is 0.149 e. The van der Waals surface area contributed by atoms with Crippen molar-refractivity contribution in [1.82, 2.24) is 4.98 Å². The van der Waals surface area contributed by atoms with Crippen LogP contribution in [-0.2, 0) is 4.74 Å². The number of aromatic nitrogens is 1. The molecule has 0 spiro atoms. The van der Waals surface area contributed by atoms with Gasteiger partial charge in [-0.15, -0.1) is 11.3 Å². The molecule has 0 amide bonds. The maximum atomic E-state index is 5.26. The Morgan fingerprint density at radius 2 is 2.50 bits per heavy atom. The number of nitrogens with zero attached hydrogens (tertiary/aromatic N) is 1. The normalized spacial score (nSPS) is 10.4. The van der Waals surface area contributed by atoms with Gasteiger partial charge < -0.3 is 10.5 Å². The second-order valence-corrected chi connectivity index (χ2v) is 4.28. The zero-order valence-electron chi connectivity index (χ0n) is 6.73. The fourth-order valence-corrected chi connectivity index (χ4v) is 2.21. The molecule has 0 radical (unpaired) electrons. The molecule has 0 aliphatic heterocycles. The Hall–Kier alpha value is -0.100. The summed E-state index contributed by atoms with van der Waals surface area (Å²) in [6, 6.07) is 0. The van der Waals surface area contributed by atoms with Gasteiger partial charge in [0, 0.05) is 23.9 Å². The third kappa shape index (κ3) is 4.06. The predicted molar refractivity (Wildman–Crippen MR) is 52.7 cm³/mol. The van der Waals surface area contributed by atoms with E-state index in [1.54, 1.807) is 23.1 Å². The predicted octanol–water partition coefficient (Wildman–Crippen LogP) is 1.21. The summed E-state index contributed by atoms with van der Waals surface area (Å²) in [4.78, 5) is 4.14. The van der Waals surface area contributed by atoms with Gasteiger partial charge in [-0.25, -0.2) is 4.98 Å². The lowest BCUT2D eigenvalue weighted by molar-refractivity contribution is 0.158. The summed E-state index contributed by atoms with van der Waals surface area (Å²) in [5.74, 6) is 0.952. The van der Waals surface area contributed by atoms with E-state index in [2.05, 4.69) is 4.98 Å². The zero-order chi connectivity index (χ0) is 8.65. The summed E-state index contributed by atoms with van der Waals surface area (Å²) in [5, 5.41) is 1.98. The van der Waals surface area contributed by atoms with Crippen LogP contribution in [0.4, 0.5) is 0 Å². The van der Waals surface area contributed by atoms with Crippen molar-refractivity contribution in [2.45, 2.75) is 4.34 Å². The fourth-order valence-electron chi connectivity index (χ4n) is 0.655. The summed E-state index contributed by atoms with van der Waals surface area (Å²) < 4.78 is 6.32. The summed E-state index contributed by atoms with van der Waals surface area (Å²) in [6.07, 6.45) is 1.81. The van der Waals surface area contributed by atoms with E-state index in [1.807, 2.05) is 11.6 Å². The molecular formula is C7H12N2OS2. The van der Waals surface area contributed by atoms with E-state index in [1.165, 1.54) is 0 Å². The molecule has 0 atom stereocenters. The number of thioether (sulfide) groups is 1. The van der Waals surface area contributed by atoms with E-state index < -0.39 is 0 Å². The first-order valence-electron chi connectivity index (χ1n) is 3.73. The van der Waals surface area contributed by atoms with Crippen LogP contribution in [0.2, 0.25) is 0 Å². The fraction of sp³-hybridized carbons (Fsp3) is 0.571. The largest absolute Gasteiger partial charge is 0.379 e. The molecule has 0 saturated heterocycles. The highest BCUT2D eigenvalue weighted by atomic mass is 32.2. The summed E-state index contributed by atoms with van der Waals surface area (Å²) in [6.45, 7) is 2.00. The van der Waals surface area contributed by atoms with Crippen molar-refractivity contribution < 1.29 is 4.74 Å². The van der Waals surface area contributed by atoms with Gasteiger partial charge in [-0.3, -0.25) is 0 Å². The number of hydrogen-bond donors (Lipinski definition) is 1. The quantitative estimate of drug-likeness (QED) is 0.559. The van der Waals surface area contributed by atoms with Gasteiger partial charge >= 0.3 is 0 Å². The molecule has 0 aliphatic carbocycles. The molecule has 0 bridgehead atoms. The molecule has 0 saturated carbocycles. The Morgan fingerprint density at radius 3 is 3.17 bits per heavy atom. The maximum Gasteiger partial charge on any atom is 0.149 e. The van der Waals surface area contributed by atoms with Crippen molar-refractivity contribution in [2.24, 2.45) is 5.73 Å². The molecule has 68 valence electrons. The minimum absolute atomic E-state index is 0.599. The van der Waals surface area contributed by atoms with Crippen molar-refractivity contribution >= 4 is 23.1 Å². The molecule has 0 aliphatic rings. The second-order valence-electron chi connectivity index (χ2n) is 2.05. The Bertz CT molecular complexity index is 191. The Balaban J connectivity index is 1.96. The molecule has 12 heavy (non-hydrogen) atoms. The van der Waals surface area contributed by atoms with Gasteiger partial charge in [-0.1, -0.05) is 11.8 Å². The topological polar surface area (TPSA) is 48.1 Å². The lowest BCUT2D eigenvalue weighted by Gasteiger charge is -1.99. The molecule has 0 aromatic carbocycles. The third-order valence-electron chi connectivity index (χ3n) is 1.13. The molecule has 3 nitrogen and oxygen atoms in total. The monoisotopic (exact) mass is 204 g/mol. The van der Waals surface area contributed by atoms with Crippen LogP contribution < -0.4 is 5.73 Å². The molecule has 0 fully saturated rings. The van der Waals surface area contributed by atoms with Crippen LogP contribution in [0.5, 0.6) is 0 Å². The standard InChI is InChI=1S/C7H12N2OS2/c8-1-3-10-4-6-12-7-9-2-5-11-7/h2,5H,1,3-4,6,8H2. The first-order valence-corrected chi connectivity index (χ1v) is 5.60. The highest BCUT2D eigenvalue weighted by Gasteiger charge is 1.94. The van der Waals surface area contributed by atoms with Crippen molar-refractivity contribution in [2.75, 3.05) is 25.5 Å². The number of nitrogens with two attached hydrogens (primary N) is 1. The number of ether oxygens (including phenoxy) is 1.